The van der Waals surface area contributed by atoms with E-state index in [1.54, 1.807) is 0 Å². The van der Waals surface area contributed by atoms with Gasteiger partial charge in [0.2, 0.25) is 5.90 Å². The number of rotatable bonds is 0. The lowest BCUT2D eigenvalue weighted by molar-refractivity contribution is -0.136. The normalized spacial score (nSPS) is 10.5. The van der Waals surface area contributed by atoms with Gasteiger partial charge in [-0.3, -0.25) is 4.79 Å². The van der Waals surface area contributed by atoms with Crippen LogP contribution in [0.3, 0.4) is 0 Å². The Kier molecular flexibility index (Phi) is 3.65. The minimum atomic E-state index is -1.22. The van der Waals surface area contributed by atoms with Crippen molar-refractivity contribution in [2.45, 2.75) is 13.8 Å². The van der Waals surface area contributed by atoms with Crippen molar-refractivity contribution in [3.8, 4) is 0 Å². The van der Waals surface area contributed by atoms with Crippen molar-refractivity contribution < 1.29 is 24.3 Å². The van der Waals surface area contributed by atoms with E-state index in [1.807, 2.05) is 0 Å². The van der Waals surface area contributed by atoms with Crippen LogP contribution in [0.2, 0.25) is 0 Å². The molecule has 0 heterocycles. The molecule has 0 atom stereocenters. The third kappa shape index (κ3) is 4.89. The molecule has 0 fully saturated rings. The van der Waals surface area contributed by atoms with Crippen LogP contribution in [-0.2, 0) is 14.3 Å². The van der Waals surface area contributed by atoms with Crippen LogP contribution >= 0.6 is 0 Å². The predicted octanol–water partition coefficient (Wildman–Crippen LogP) is 0.494. The number of hydrogen-bond acceptors (Lipinski definition) is 6. The Labute approximate surface area is 62.4 Å². The van der Waals surface area contributed by atoms with E-state index in [2.05, 4.69) is 14.6 Å². The van der Waals surface area contributed by atoms with E-state index < -0.39 is 12.1 Å². The Bertz CT molecular complexity index is 197. The number of oxime groups is 1. The van der Waals surface area contributed by atoms with Crippen molar-refractivity contribution in [2.24, 2.45) is 5.16 Å². The highest BCUT2D eigenvalue weighted by atomic mass is 16.7. The summed E-state index contributed by atoms with van der Waals surface area (Å²) in [7, 11) is 0. The molecule has 0 rings (SSSR count). The molecular formula is C5H7NO5. The molecule has 0 aromatic heterocycles. The Morgan fingerprint density at radius 3 is 2.18 bits per heavy atom. The van der Waals surface area contributed by atoms with E-state index in [-0.39, 0.29) is 5.90 Å². The van der Waals surface area contributed by atoms with Crippen LogP contribution < -0.4 is 0 Å². The fourth-order valence-corrected chi connectivity index (χ4v) is 0.279. The molecule has 6 nitrogen and oxygen atoms in total. The zero-order valence-electron chi connectivity index (χ0n) is 6.03. The van der Waals surface area contributed by atoms with Crippen LogP contribution in [-0.4, -0.2) is 23.2 Å². The summed E-state index contributed by atoms with van der Waals surface area (Å²) in [6.45, 7) is 2.27. The third-order valence-corrected chi connectivity index (χ3v) is 0.599. The molecule has 0 bridgehead atoms. The largest absolute Gasteiger partial charge is 0.522 e. The minimum absolute atomic E-state index is 0.295. The Morgan fingerprint density at radius 2 is 1.82 bits per heavy atom. The highest BCUT2D eigenvalue weighted by Gasteiger charge is 2.08. The summed E-state index contributed by atoms with van der Waals surface area (Å²) in [4.78, 5) is 20.5. The fourth-order valence-electron chi connectivity index (χ4n) is 0.279. The summed E-state index contributed by atoms with van der Waals surface area (Å²) in [5.41, 5.74) is 0. The number of carbonyl (C=O) groups excluding carboxylic acids is 2. The minimum Gasteiger partial charge on any atom is -0.408 e. The topological polar surface area (TPSA) is 85.2 Å². The molecule has 0 amide bonds. The first-order valence-electron chi connectivity index (χ1n) is 2.65. The molecule has 0 aliphatic carbocycles. The molecular weight excluding hydrogens is 154 g/mol. The Balaban J connectivity index is 3.79. The monoisotopic (exact) mass is 161 g/mol. The summed E-state index contributed by atoms with van der Waals surface area (Å²) in [6, 6.07) is 0. The Hall–Kier alpha value is -1.59. The highest BCUT2D eigenvalue weighted by Crippen LogP contribution is 1.87. The van der Waals surface area contributed by atoms with E-state index in [0.717, 1.165) is 6.92 Å². The first-order chi connectivity index (χ1) is 5.06. The summed E-state index contributed by atoms with van der Waals surface area (Å²) >= 11 is 0. The van der Waals surface area contributed by atoms with Crippen LogP contribution in [0, 0.1) is 0 Å². The summed E-state index contributed by atoms with van der Waals surface area (Å²) in [5.74, 6) is -1.09. The average molecular weight is 161 g/mol. The van der Waals surface area contributed by atoms with Crippen molar-refractivity contribution in [1.82, 2.24) is 0 Å². The van der Waals surface area contributed by atoms with E-state index in [9.17, 15) is 9.59 Å². The molecule has 6 heteroatoms. The van der Waals surface area contributed by atoms with Gasteiger partial charge < -0.3 is 14.7 Å². The molecule has 0 unspecified atom stereocenters. The zero-order valence-corrected chi connectivity index (χ0v) is 6.03. The van der Waals surface area contributed by atoms with Crippen LogP contribution in [0.4, 0.5) is 4.79 Å². The number of esters is 1. The molecule has 0 aromatic carbocycles. The van der Waals surface area contributed by atoms with Gasteiger partial charge in [0.1, 0.15) is 0 Å². The molecule has 1 N–H and O–H groups in total. The molecule has 11 heavy (non-hydrogen) atoms. The van der Waals surface area contributed by atoms with Crippen LogP contribution in [0.25, 0.3) is 0 Å². The van der Waals surface area contributed by atoms with Gasteiger partial charge in [-0.05, 0) is 0 Å². The zero-order chi connectivity index (χ0) is 8.85. The van der Waals surface area contributed by atoms with Crippen LogP contribution in [0.5, 0.6) is 0 Å². The van der Waals surface area contributed by atoms with Crippen molar-refractivity contribution in [3.63, 3.8) is 0 Å². The van der Waals surface area contributed by atoms with Crippen molar-refractivity contribution in [2.75, 3.05) is 0 Å². The maximum atomic E-state index is 10.4. The van der Waals surface area contributed by atoms with Gasteiger partial charge in [-0.25, -0.2) is 4.79 Å². The number of hydrogen-bond donors (Lipinski definition) is 1. The summed E-state index contributed by atoms with van der Waals surface area (Å²) < 4.78 is 8.06. The lowest BCUT2D eigenvalue weighted by atomic mass is 10.8. The molecule has 0 saturated heterocycles. The lowest BCUT2D eigenvalue weighted by Gasteiger charge is -1.98. The molecule has 0 aromatic rings. The average Bonchev–Trinajstić information content (AvgIpc) is 1.85. The quantitative estimate of drug-likeness (QED) is 0.139. The third-order valence-electron chi connectivity index (χ3n) is 0.599. The molecule has 62 valence electrons. The van der Waals surface area contributed by atoms with Gasteiger partial charge in [0.05, 0.1) is 0 Å². The summed E-state index contributed by atoms with van der Waals surface area (Å²) in [5, 5.41) is 10.5. The number of carbonyl (C=O) groups is 2. The van der Waals surface area contributed by atoms with Crippen molar-refractivity contribution in [3.05, 3.63) is 0 Å². The van der Waals surface area contributed by atoms with Gasteiger partial charge >= 0.3 is 12.1 Å². The van der Waals surface area contributed by atoms with Crippen LogP contribution in [0.1, 0.15) is 13.8 Å². The van der Waals surface area contributed by atoms with E-state index in [1.165, 1.54) is 6.92 Å². The smallest absolute Gasteiger partial charge is 0.408 e. The van der Waals surface area contributed by atoms with Gasteiger partial charge in [0.15, 0.2) is 0 Å². The van der Waals surface area contributed by atoms with E-state index in [4.69, 9.17) is 5.21 Å². The second-order valence-electron chi connectivity index (χ2n) is 1.56. The second-order valence-corrected chi connectivity index (χ2v) is 1.56. The molecule has 0 radical (unpaired) electrons. The van der Waals surface area contributed by atoms with E-state index in [0.29, 0.717) is 0 Å². The SMILES string of the molecule is CC(=O)OC(=O)OC(C)=NO. The van der Waals surface area contributed by atoms with Crippen LogP contribution in [0.15, 0.2) is 5.16 Å². The van der Waals surface area contributed by atoms with Gasteiger partial charge in [-0.15, -0.1) is 0 Å². The molecule has 0 spiro atoms. The second kappa shape index (κ2) is 4.26. The number of nitrogens with zero attached hydrogens (tertiary/aromatic N) is 1. The van der Waals surface area contributed by atoms with Crippen molar-refractivity contribution in [1.29, 1.82) is 0 Å². The van der Waals surface area contributed by atoms with Gasteiger partial charge in [-0.2, -0.15) is 0 Å². The first-order valence-corrected chi connectivity index (χ1v) is 2.65. The predicted molar refractivity (Wildman–Crippen MR) is 33.1 cm³/mol. The summed E-state index contributed by atoms with van der Waals surface area (Å²) in [6.07, 6.45) is -1.22. The van der Waals surface area contributed by atoms with Gasteiger partial charge in [0, 0.05) is 13.8 Å². The van der Waals surface area contributed by atoms with Gasteiger partial charge in [-0.1, -0.05) is 5.16 Å². The molecule has 0 aliphatic heterocycles. The van der Waals surface area contributed by atoms with Gasteiger partial charge in [0.25, 0.3) is 0 Å². The standard InChI is InChI=1S/C5H7NO5/c1-3(6-9)10-5(8)11-4(2)7/h9H,1-2H3. The number of ether oxygens (including phenoxy) is 2. The Morgan fingerprint density at radius 1 is 1.27 bits per heavy atom. The maximum Gasteiger partial charge on any atom is 0.522 e. The van der Waals surface area contributed by atoms with Crippen molar-refractivity contribution >= 4 is 18.0 Å². The molecule has 0 aliphatic rings. The maximum absolute atomic E-state index is 10.4. The van der Waals surface area contributed by atoms with E-state index >= 15 is 0 Å². The fraction of sp³-hybridized carbons (Fsp3) is 0.400. The molecule has 0 saturated carbocycles. The highest BCUT2D eigenvalue weighted by molar-refractivity contribution is 5.88. The first kappa shape index (κ1) is 9.41. The lowest BCUT2D eigenvalue weighted by Crippen LogP contribution is -2.13.